The molecular formula is C11H16N4O2. The first kappa shape index (κ1) is 11.8. The summed E-state index contributed by atoms with van der Waals surface area (Å²) >= 11 is 0. The number of hydrogen-bond donors (Lipinski definition) is 2. The molecule has 1 amide bonds. The number of nitrogens with one attached hydrogen (secondary N) is 1. The summed E-state index contributed by atoms with van der Waals surface area (Å²) in [5.74, 6) is 5.28. The molecule has 17 heavy (non-hydrogen) atoms. The third kappa shape index (κ3) is 2.37. The predicted octanol–water partition coefficient (Wildman–Crippen LogP) is 0.228. The molecule has 6 nitrogen and oxygen atoms in total. The fraction of sp³-hybridized carbons (Fsp3) is 0.455. The molecule has 1 fully saturated rings. The highest BCUT2D eigenvalue weighted by atomic mass is 16.5. The zero-order valence-corrected chi connectivity index (χ0v) is 9.72. The van der Waals surface area contributed by atoms with Crippen LogP contribution in [0.15, 0.2) is 18.5 Å². The van der Waals surface area contributed by atoms with Gasteiger partial charge in [0, 0.05) is 19.9 Å². The van der Waals surface area contributed by atoms with Gasteiger partial charge < -0.3 is 15.1 Å². The zero-order valence-electron chi connectivity index (χ0n) is 9.72. The fourth-order valence-electron chi connectivity index (χ4n) is 1.88. The van der Waals surface area contributed by atoms with Crippen LogP contribution in [0.4, 0.5) is 5.69 Å². The largest absolute Gasteiger partial charge is 0.379 e. The summed E-state index contributed by atoms with van der Waals surface area (Å²) in [6.45, 7) is 1.30. The van der Waals surface area contributed by atoms with E-state index in [1.54, 1.807) is 24.2 Å². The zero-order chi connectivity index (χ0) is 12.3. The SMILES string of the molecule is CN(C(=O)c1ccncc1NN)C1CCOC1. The summed E-state index contributed by atoms with van der Waals surface area (Å²) in [4.78, 5) is 17.9. The van der Waals surface area contributed by atoms with Gasteiger partial charge in [-0.15, -0.1) is 0 Å². The van der Waals surface area contributed by atoms with Gasteiger partial charge in [-0.3, -0.25) is 15.6 Å². The minimum atomic E-state index is -0.0733. The van der Waals surface area contributed by atoms with Crippen molar-refractivity contribution in [3.05, 3.63) is 24.0 Å². The predicted molar refractivity (Wildman–Crippen MR) is 63.4 cm³/mol. The van der Waals surface area contributed by atoms with E-state index in [0.717, 1.165) is 6.42 Å². The second kappa shape index (κ2) is 5.11. The van der Waals surface area contributed by atoms with Crippen molar-refractivity contribution >= 4 is 11.6 Å². The van der Waals surface area contributed by atoms with Gasteiger partial charge in [0.25, 0.3) is 5.91 Å². The first-order chi connectivity index (χ1) is 8.24. The van der Waals surface area contributed by atoms with E-state index in [2.05, 4.69) is 10.4 Å². The van der Waals surface area contributed by atoms with Gasteiger partial charge in [0.05, 0.1) is 30.1 Å². The molecule has 3 N–H and O–H groups in total. The summed E-state index contributed by atoms with van der Waals surface area (Å²) in [7, 11) is 1.78. The molecular weight excluding hydrogens is 220 g/mol. The van der Waals surface area contributed by atoms with Crippen molar-refractivity contribution in [3.8, 4) is 0 Å². The van der Waals surface area contributed by atoms with E-state index < -0.39 is 0 Å². The highest BCUT2D eigenvalue weighted by Crippen LogP contribution is 2.18. The lowest BCUT2D eigenvalue weighted by atomic mass is 10.1. The number of hydrazine groups is 1. The Hall–Kier alpha value is -1.66. The Morgan fingerprint density at radius 3 is 3.18 bits per heavy atom. The number of carbonyl (C=O) groups is 1. The molecule has 6 heteroatoms. The molecule has 2 rings (SSSR count). The minimum Gasteiger partial charge on any atom is -0.379 e. The van der Waals surface area contributed by atoms with Crippen LogP contribution in [0.1, 0.15) is 16.8 Å². The van der Waals surface area contributed by atoms with E-state index in [1.807, 2.05) is 0 Å². The Bertz CT molecular complexity index is 404. The van der Waals surface area contributed by atoms with E-state index in [-0.39, 0.29) is 11.9 Å². The number of nitrogens with two attached hydrogens (primary N) is 1. The third-order valence-electron chi connectivity index (χ3n) is 2.98. The van der Waals surface area contributed by atoms with Crippen LogP contribution in [0.25, 0.3) is 0 Å². The number of anilines is 1. The van der Waals surface area contributed by atoms with E-state index in [1.165, 1.54) is 6.20 Å². The average molecular weight is 236 g/mol. The van der Waals surface area contributed by atoms with Crippen molar-refractivity contribution in [3.63, 3.8) is 0 Å². The second-order valence-corrected chi connectivity index (χ2v) is 4.00. The summed E-state index contributed by atoms with van der Waals surface area (Å²) in [5.41, 5.74) is 3.54. The highest BCUT2D eigenvalue weighted by molar-refractivity contribution is 5.99. The van der Waals surface area contributed by atoms with Gasteiger partial charge >= 0.3 is 0 Å². The van der Waals surface area contributed by atoms with Gasteiger partial charge in [-0.2, -0.15) is 0 Å². The van der Waals surface area contributed by atoms with Crippen molar-refractivity contribution in [1.29, 1.82) is 0 Å². The van der Waals surface area contributed by atoms with E-state index in [4.69, 9.17) is 10.6 Å². The number of aromatic nitrogens is 1. The van der Waals surface area contributed by atoms with Crippen LogP contribution < -0.4 is 11.3 Å². The van der Waals surface area contributed by atoms with Crippen molar-refractivity contribution in [2.45, 2.75) is 12.5 Å². The average Bonchev–Trinajstić information content (AvgIpc) is 2.90. The van der Waals surface area contributed by atoms with Gasteiger partial charge in [0.2, 0.25) is 0 Å². The maximum atomic E-state index is 12.3. The van der Waals surface area contributed by atoms with E-state index in [9.17, 15) is 4.79 Å². The molecule has 0 bridgehead atoms. The first-order valence-electron chi connectivity index (χ1n) is 5.49. The number of likely N-dealkylation sites (N-methyl/N-ethyl adjacent to an activating group) is 1. The molecule has 2 heterocycles. The smallest absolute Gasteiger partial charge is 0.256 e. The summed E-state index contributed by atoms with van der Waals surface area (Å²) in [6.07, 6.45) is 3.98. The molecule has 1 aromatic heterocycles. The van der Waals surface area contributed by atoms with Crippen molar-refractivity contribution in [2.24, 2.45) is 5.84 Å². The number of nitrogens with zero attached hydrogens (tertiary/aromatic N) is 2. The van der Waals surface area contributed by atoms with E-state index >= 15 is 0 Å². The lowest BCUT2D eigenvalue weighted by Gasteiger charge is -2.24. The number of carbonyl (C=O) groups excluding carboxylic acids is 1. The highest BCUT2D eigenvalue weighted by Gasteiger charge is 2.26. The van der Waals surface area contributed by atoms with Crippen molar-refractivity contribution < 1.29 is 9.53 Å². The minimum absolute atomic E-state index is 0.0733. The van der Waals surface area contributed by atoms with Crippen LogP contribution >= 0.6 is 0 Å². The van der Waals surface area contributed by atoms with Crippen LogP contribution in [0.5, 0.6) is 0 Å². The van der Waals surface area contributed by atoms with Crippen LogP contribution in [-0.4, -0.2) is 42.1 Å². The number of rotatable bonds is 3. The van der Waals surface area contributed by atoms with Crippen molar-refractivity contribution in [1.82, 2.24) is 9.88 Å². The standard InChI is InChI=1S/C11H16N4O2/c1-15(8-3-5-17-7-8)11(16)9-2-4-13-6-10(9)14-12/h2,4,6,8,14H,3,5,7,12H2,1H3. The molecule has 0 saturated carbocycles. The third-order valence-corrected chi connectivity index (χ3v) is 2.98. The molecule has 1 atom stereocenters. The van der Waals surface area contributed by atoms with Crippen LogP contribution in [0.2, 0.25) is 0 Å². The summed E-state index contributed by atoms with van der Waals surface area (Å²) in [5, 5.41) is 0. The Labute approximate surface area is 99.7 Å². The topological polar surface area (TPSA) is 80.5 Å². The number of nitrogen functional groups attached to an aromatic ring is 1. The molecule has 92 valence electrons. The summed E-state index contributed by atoms with van der Waals surface area (Å²) < 4.78 is 5.27. The number of ether oxygens (including phenoxy) is 1. The Morgan fingerprint density at radius 2 is 2.53 bits per heavy atom. The molecule has 1 unspecified atom stereocenters. The van der Waals surface area contributed by atoms with Gasteiger partial charge in [0.15, 0.2) is 0 Å². The maximum absolute atomic E-state index is 12.3. The number of pyridine rings is 1. The molecule has 1 aliphatic heterocycles. The van der Waals surface area contributed by atoms with E-state index in [0.29, 0.717) is 24.5 Å². The molecule has 0 aliphatic carbocycles. The van der Waals surface area contributed by atoms with Gasteiger partial charge in [-0.1, -0.05) is 0 Å². The Kier molecular flexibility index (Phi) is 3.55. The molecule has 1 saturated heterocycles. The number of amides is 1. The van der Waals surface area contributed by atoms with Crippen LogP contribution in [0.3, 0.4) is 0 Å². The van der Waals surface area contributed by atoms with Gasteiger partial charge in [0.1, 0.15) is 0 Å². The fourth-order valence-corrected chi connectivity index (χ4v) is 1.88. The van der Waals surface area contributed by atoms with Crippen LogP contribution in [0, 0.1) is 0 Å². The molecule has 0 aromatic carbocycles. The Morgan fingerprint density at radius 1 is 1.71 bits per heavy atom. The molecule has 1 aromatic rings. The van der Waals surface area contributed by atoms with Crippen molar-refractivity contribution in [2.75, 3.05) is 25.7 Å². The lowest BCUT2D eigenvalue weighted by Crippen LogP contribution is -2.37. The normalized spacial score (nSPS) is 19.1. The molecule has 0 radical (unpaired) electrons. The second-order valence-electron chi connectivity index (χ2n) is 4.00. The van der Waals surface area contributed by atoms with Gasteiger partial charge in [-0.25, -0.2) is 0 Å². The maximum Gasteiger partial charge on any atom is 0.256 e. The lowest BCUT2D eigenvalue weighted by molar-refractivity contribution is 0.0712. The summed E-state index contributed by atoms with van der Waals surface area (Å²) in [6, 6.07) is 1.80. The Balaban J connectivity index is 2.18. The first-order valence-corrected chi connectivity index (χ1v) is 5.49. The molecule has 0 spiro atoms. The molecule has 1 aliphatic rings. The van der Waals surface area contributed by atoms with Gasteiger partial charge in [-0.05, 0) is 12.5 Å². The monoisotopic (exact) mass is 236 g/mol. The quantitative estimate of drug-likeness (QED) is 0.580. The number of hydrogen-bond acceptors (Lipinski definition) is 5. The van der Waals surface area contributed by atoms with Crippen LogP contribution in [-0.2, 0) is 4.74 Å².